The number of fused-ring (bicyclic) bond motifs is 1. The van der Waals surface area contributed by atoms with Gasteiger partial charge in [-0.2, -0.15) is 0 Å². The lowest BCUT2D eigenvalue weighted by Gasteiger charge is -2.24. The van der Waals surface area contributed by atoms with E-state index < -0.39 is 18.0 Å². The molecule has 8 heteroatoms. The van der Waals surface area contributed by atoms with Gasteiger partial charge < -0.3 is 9.47 Å². The summed E-state index contributed by atoms with van der Waals surface area (Å²) in [5.41, 5.74) is 2.06. The summed E-state index contributed by atoms with van der Waals surface area (Å²) in [7, 11) is 1.31. The molecule has 0 radical (unpaired) electrons. The molecule has 4 rings (SSSR count). The molecule has 0 unspecified atom stereocenters. The largest absolute Gasteiger partial charge is 0.466 e. The Morgan fingerprint density at radius 1 is 1.12 bits per heavy atom. The number of allylic oxidation sites excluding steroid dienone is 1. The van der Waals surface area contributed by atoms with Crippen molar-refractivity contribution in [1.29, 1.82) is 0 Å². The van der Waals surface area contributed by atoms with Gasteiger partial charge in [-0.05, 0) is 36.3 Å². The number of nitrogens with zero attached hydrogens (tertiary/aromatic N) is 2. The van der Waals surface area contributed by atoms with Crippen LogP contribution in [0.1, 0.15) is 31.0 Å². The van der Waals surface area contributed by atoms with E-state index in [1.54, 1.807) is 31.2 Å². The summed E-state index contributed by atoms with van der Waals surface area (Å²) in [4.78, 5) is 42.3. The second-order valence-electron chi connectivity index (χ2n) is 7.15. The van der Waals surface area contributed by atoms with Crippen molar-refractivity contribution in [2.24, 2.45) is 4.99 Å². The molecule has 0 bridgehead atoms. The summed E-state index contributed by atoms with van der Waals surface area (Å²) in [5.74, 6) is -0.552. The Hall–Kier alpha value is -3.78. The van der Waals surface area contributed by atoms with E-state index in [-0.39, 0.29) is 5.56 Å². The summed E-state index contributed by atoms with van der Waals surface area (Å²) >= 11 is 1.23. The van der Waals surface area contributed by atoms with Crippen molar-refractivity contribution < 1.29 is 19.1 Å². The van der Waals surface area contributed by atoms with E-state index in [0.29, 0.717) is 31.9 Å². The number of ether oxygens (including phenoxy) is 2. The fourth-order valence-corrected chi connectivity index (χ4v) is 4.68. The molecule has 3 aromatic rings. The first-order valence-electron chi connectivity index (χ1n) is 9.83. The van der Waals surface area contributed by atoms with Gasteiger partial charge in [-0.3, -0.25) is 14.2 Å². The number of aromatic nitrogens is 1. The summed E-state index contributed by atoms with van der Waals surface area (Å²) in [6, 6.07) is 15.6. The SMILES string of the molecule is COC(=O)C1=C(C)N=c2s/c(=C\c3cccc(OC(C)=O)c3)c(=O)n2[C@H]1c1ccccc1. The molecular formula is C24H20N2O5S. The van der Waals surface area contributed by atoms with Crippen molar-refractivity contribution in [3.8, 4) is 5.75 Å². The van der Waals surface area contributed by atoms with E-state index in [0.717, 1.165) is 5.56 Å². The lowest BCUT2D eigenvalue weighted by atomic mass is 9.96. The fraction of sp³-hybridized carbons (Fsp3) is 0.167. The molecule has 1 aliphatic heterocycles. The number of benzene rings is 2. The van der Waals surface area contributed by atoms with Gasteiger partial charge in [-0.1, -0.05) is 53.8 Å². The standard InChI is InChI=1S/C24H20N2O5S/c1-14-20(23(29)30-3)21(17-9-5-4-6-10-17)26-22(28)19(32-24(26)25-14)13-16-8-7-11-18(12-16)31-15(2)27/h4-13,21H,1-3H3/b19-13-/t21-/m0/s1. The summed E-state index contributed by atoms with van der Waals surface area (Å²) in [6.45, 7) is 3.07. The van der Waals surface area contributed by atoms with Crippen LogP contribution in [0.3, 0.4) is 0 Å². The molecule has 7 nitrogen and oxygen atoms in total. The number of hydrogen-bond acceptors (Lipinski definition) is 7. The molecule has 162 valence electrons. The van der Waals surface area contributed by atoms with Crippen LogP contribution >= 0.6 is 11.3 Å². The lowest BCUT2D eigenvalue weighted by molar-refractivity contribution is -0.136. The molecular weight excluding hydrogens is 428 g/mol. The quantitative estimate of drug-likeness (QED) is 0.452. The first kappa shape index (κ1) is 21.5. The van der Waals surface area contributed by atoms with Crippen molar-refractivity contribution in [1.82, 2.24) is 4.57 Å². The molecule has 2 heterocycles. The monoisotopic (exact) mass is 448 g/mol. The first-order valence-corrected chi connectivity index (χ1v) is 10.6. The third-order valence-electron chi connectivity index (χ3n) is 4.96. The van der Waals surface area contributed by atoms with E-state index in [4.69, 9.17) is 9.47 Å². The third-order valence-corrected chi connectivity index (χ3v) is 5.94. The number of thiazole rings is 1. The zero-order chi connectivity index (χ0) is 22.8. The van der Waals surface area contributed by atoms with Crippen molar-refractivity contribution in [3.63, 3.8) is 0 Å². The Labute approximate surface area is 187 Å². The summed E-state index contributed by atoms with van der Waals surface area (Å²) in [5, 5.41) is 0. The second-order valence-corrected chi connectivity index (χ2v) is 8.16. The summed E-state index contributed by atoms with van der Waals surface area (Å²) in [6.07, 6.45) is 1.72. The Bertz CT molecular complexity index is 1420. The van der Waals surface area contributed by atoms with Crippen LogP contribution in [0.5, 0.6) is 5.75 Å². The van der Waals surface area contributed by atoms with E-state index >= 15 is 0 Å². The number of hydrogen-bond donors (Lipinski definition) is 0. The predicted octanol–water partition coefficient (Wildman–Crippen LogP) is 2.33. The normalized spacial score (nSPS) is 15.7. The van der Waals surface area contributed by atoms with Crippen LogP contribution in [0.4, 0.5) is 0 Å². The Kier molecular flexibility index (Phi) is 5.87. The first-order chi connectivity index (χ1) is 15.4. The number of methoxy groups -OCH3 is 1. The van der Waals surface area contributed by atoms with Gasteiger partial charge in [0.05, 0.1) is 29.0 Å². The Morgan fingerprint density at radius 3 is 2.56 bits per heavy atom. The highest BCUT2D eigenvalue weighted by Crippen LogP contribution is 2.30. The maximum Gasteiger partial charge on any atom is 0.338 e. The van der Waals surface area contributed by atoms with E-state index in [2.05, 4.69) is 4.99 Å². The van der Waals surface area contributed by atoms with Gasteiger partial charge in [0.2, 0.25) is 0 Å². The number of carbonyl (C=O) groups excluding carboxylic acids is 2. The van der Waals surface area contributed by atoms with Crippen LogP contribution in [0, 0.1) is 0 Å². The van der Waals surface area contributed by atoms with Crippen molar-refractivity contribution >= 4 is 29.4 Å². The molecule has 0 spiro atoms. The van der Waals surface area contributed by atoms with Crippen LogP contribution in [-0.2, 0) is 14.3 Å². The molecule has 1 aromatic heterocycles. The smallest absolute Gasteiger partial charge is 0.338 e. The van der Waals surface area contributed by atoms with Gasteiger partial charge in [0.25, 0.3) is 5.56 Å². The minimum Gasteiger partial charge on any atom is -0.466 e. The predicted molar refractivity (Wildman–Crippen MR) is 120 cm³/mol. The van der Waals surface area contributed by atoms with Crippen LogP contribution in [0.15, 0.2) is 75.7 Å². The van der Waals surface area contributed by atoms with Crippen molar-refractivity contribution in [2.45, 2.75) is 19.9 Å². The Morgan fingerprint density at radius 2 is 1.88 bits per heavy atom. The number of rotatable bonds is 4. The fourth-order valence-electron chi connectivity index (χ4n) is 3.63. The van der Waals surface area contributed by atoms with Crippen LogP contribution in [0.25, 0.3) is 6.08 Å². The van der Waals surface area contributed by atoms with Crippen LogP contribution < -0.4 is 19.6 Å². The summed E-state index contributed by atoms with van der Waals surface area (Å²) < 4.78 is 12.1. The maximum absolute atomic E-state index is 13.4. The average molecular weight is 449 g/mol. The molecule has 0 amide bonds. The van der Waals surface area contributed by atoms with Crippen molar-refractivity contribution in [3.05, 3.63) is 96.7 Å². The van der Waals surface area contributed by atoms with Gasteiger partial charge in [-0.25, -0.2) is 9.79 Å². The second kappa shape index (κ2) is 8.76. The molecule has 32 heavy (non-hydrogen) atoms. The van der Waals surface area contributed by atoms with Crippen molar-refractivity contribution in [2.75, 3.05) is 7.11 Å². The minimum atomic E-state index is -0.644. The number of esters is 2. The molecule has 0 N–H and O–H groups in total. The molecule has 2 aromatic carbocycles. The highest BCUT2D eigenvalue weighted by Gasteiger charge is 2.32. The van der Waals surface area contributed by atoms with Gasteiger partial charge in [-0.15, -0.1) is 0 Å². The van der Waals surface area contributed by atoms with Gasteiger partial charge >= 0.3 is 11.9 Å². The molecule has 0 aliphatic carbocycles. The van der Waals surface area contributed by atoms with Gasteiger partial charge in [0, 0.05) is 6.92 Å². The molecule has 1 aliphatic rings. The third kappa shape index (κ3) is 4.04. The lowest BCUT2D eigenvalue weighted by Crippen LogP contribution is -2.39. The zero-order valence-electron chi connectivity index (χ0n) is 17.7. The zero-order valence-corrected chi connectivity index (χ0v) is 18.5. The molecule has 0 saturated heterocycles. The minimum absolute atomic E-state index is 0.269. The molecule has 0 fully saturated rings. The van der Waals surface area contributed by atoms with E-state index in [1.165, 1.54) is 29.9 Å². The van der Waals surface area contributed by atoms with E-state index in [1.807, 2.05) is 36.4 Å². The maximum atomic E-state index is 13.4. The van der Waals surface area contributed by atoms with Gasteiger partial charge in [0.1, 0.15) is 5.75 Å². The van der Waals surface area contributed by atoms with Crippen LogP contribution in [-0.4, -0.2) is 23.6 Å². The van der Waals surface area contributed by atoms with E-state index in [9.17, 15) is 14.4 Å². The highest BCUT2D eigenvalue weighted by molar-refractivity contribution is 7.07. The molecule has 0 saturated carbocycles. The number of carbonyl (C=O) groups is 2. The molecule has 1 atom stereocenters. The Balaban J connectivity index is 1.91. The highest BCUT2D eigenvalue weighted by atomic mass is 32.1. The van der Waals surface area contributed by atoms with Gasteiger partial charge in [0.15, 0.2) is 4.80 Å². The van der Waals surface area contributed by atoms with Crippen LogP contribution in [0.2, 0.25) is 0 Å². The average Bonchev–Trinajstić information content (AvgIpc) is 3.07. The topological polar surface area (TPSA) is 87.0 Å².